The maximum absolute atomic E-state index is 12.7. The largest absolute Gasteiger partial charge is 0.481 e. The number of rotatable bonds is 4. The summed E-state index contributed by atoms with van der Waals surface area (Å²) in [5.41, 5.74) is 0.965. The number of carboxylic acids is 1. The predicted octanol–water partition coefficient (Wildman–Crippen LogP) is 2.17. The normalized spacial score (nSPS) is 30.8. The number of aromatic nitrogens is 1. The zero-order valence-corrected chi connectivity index (χ0v) is 12.5. The summed E-state index contributed by atoms with van der Waals surface area (Å²) < 4.78 is 0. The maximum Gasteiger partial charge on any atom is 0.307 e. The van der Waals surface area contributed by atoms with E-state index in [2.05, 4.69) is 10.3 Å². The molecular formula is C17H20N2O3. The summed E-state index contributed by atoms with van der Waals surface area (Å²) in [6, 6.07) is 3.55. The van der Waals surface area contributed by atoms with Crippen LogP contribution in [0.25, 0.3) is 0 Å². The maximum atomic E-state index is 12.7. The van der Waals surface area contributed by atoms with Crippen LogP contribution in [0.2, 0.25) is 0 Å². The summed E-state index contributed by atoms with van der Waals surface area (Å²) in [6.45, 7) is 1.90. The second-order valence-corrected chi connectivity index (χ2v) is 6.19. The lowest BCUT2D eigenvalue weighted by molar-refractivity contribution is -0.153. The lowest BCUT2D eigenvalue weighted by atomic mass is 9.62. The molecule has 3 aliphatic carbocycles. The molecule has 1 fully saturated rings. The molecule has 0 unspecified atom stereocenters. The molecule has 22 heavy (non-hydrogen) atoms. The van der Waals surface area contributed by atoms with Crippen molar-refractivity contribution < 1.29 is 14.7 Å². The van der Waals surface area contributed by atoms with Crippen molar-refractivity contribution in [3.63, 3.8) is 0 Å². The molecule has 116 valence electrons. The Morgan fingerprint density at radius 2 is 1.77 bits per heavy atom. The van der Waals surface area contributed by atoms with Crippen LogP contribution in [-0.2, 0) is 9.59 Å². The van der Waals surface area contributed by atoms with E-state index >= 15 is 0 Å². The first kappa shape index (κ1) is 14.8. The van der Waals surface area contributed by atoms with Gasteiger partial charge in [-0.05, 0) is 49.3 Å². The van der Waals surface area contributed by atoms with Gasteiger partial charge in [-0.15, -0.1) is 0 Å². The SMILES string of the molecule is C[C@H](NC(=O)[C@@H]1[C@@H](C(=O)O)[C@H]2C=C[C@H]1CC2)c1ccncc1. The third kappa shape index (κ3) is 2.63. The average molecular weight is 300 g/mol. The fourth-order valence-corrected chi connectivity index (χ4v) is 3.73. The molecule has 0 spiro atoms. The summed E-state index contributed by atoms with van der Waals surface area (Å²) in [5, 5.41) is 12.5. The lowest BCUT2D eigenvalue weighted by Crippen LogP contribution is -2.49. The minimum absolute atomic E-state index is 0.0190. The van der Waals surface area contributed by atoms with Gasteiger partial charge in [0.05, 0.1) is 17.9 Å². The van der Waals surface area contributed by atoms with Crippen molar-refractivity contribution in [1.29, 1.82) is 0 Å². The molecule has 1 aromatic heterocycles. The van der Waals surface area contributed by atoms with Crippen molar-refractivity contribution in [2.24, 2.45) is 23.7 Å². The molecule has 1 amide bonds. The highest BCUT2D eigenvalue weighted by molar-refractivity contribution is 5.86. The molecule has 5 atom stereocenters. The van der Waals surface area contributed by atoms with E-state index in [0.717, 1.165) is 18.4 Å². The first-order valence-electron chi connectivity index (χ1n) is 7.69. The summed E-state index contributed by atoms with van der Waals surface area (Å²) in [7, 11) is 0. The van der Waals surface area contributed by atoms with Crippen LogP contribution in [0, 0.1) is 23.7 Å². The van der Waals surface area contributed by atoms with Crippen LogP contribution in [0.3, 0.4) is 0 Å². The molecule has 2 N–H and O–H groups in total. The first-order valence-corrected chi connectivity index (χ1v) is 7.69. The number of nitrogens with one attached hydrogen (secondary N) is 1. The van der Waals surface area contributed by atoms with Crippen LogP contribution in [-0.4, -0.2) is 22.0 Å². The zero-order chi connectivity index (χ0) is 15.7. The number of hydrogen-bond acceptors (Lipinski definition) is 3. The minimum atomic E-state index is -0.865. The molecule has 0 saturated heterocycles. The van der Waals surface area contributed by atoms with E-state index in [9.17, 15) is 14.7 Å². The van der Waals surface area contributed by atoms with E-state index < -0.39 is 17.8 Å². The Hall–Kier alpha value is -2.17. The lowest BCUT2D eigenvalue weighted by Gasteiger charge is -2.42. The Labute approximate surface area is 129 Å². The molecule has 4 rings (SSSR count). The number of pyridine rings is 1. The number of hydrogen-bond donors (Lipinski definition) is 2. The molecular weight excluding hydrogens is 280 g/mol. The van der Waals surface area contributed by atoms with Crippen molar-refractivity contribution in [2.45, 2.75) is 25.8 Å². The van der Waals surface area contributed by atoms with Crippen LogP contribution < -0.4 is 5.32 Å². The van der Waals surface area contributed by atoms with Gasteiger partial charge in [0, 0.05) is 12.4 Å². The van der Waals surface area contributed by atoms with E-state index in [4.69, 9.17) is 0 Å². The quantitative estimate of drug-likeness (QED) is 0.835. The summed E-state index contributed by atoms with van der Waals surface area (Å²) in [5.74, 6) is -2.07. The van der Waals surface area contributed by atoms with Gasteiger partial charge in [-0.25, -0.2) is 0 Å². The Morgan fingerprint density at radius 1 is 1.18 bits per heavy atom. The Bertz CT molecular complexity index is 599. The standard InChI is InChI=1S/C17H20N2O3/c1-10(11-6-8-18-9-7-11)19-16(20)14-12-2-4-13(5-3-12)15(14)17(21)22/h2,4,6-10,12-15H,3,5H2,1H3,(H,19,20)(H,21,22)/t10-,12-,13-,14-,15-/m0/s1. The molecule has 1 aromatic rings. The molecule has 1 saturated carbocycles. The molecule has 0 aliphatic heterocycles. The van der Waals surface area contributed by atoms with Crippen molar-refractivity contribution in [3.05, 3.63) is 42.2 Å². The zero-order valence-electron chi connectivity index (χ0n) is 12.5. The number of carbonyl (C=O) groups is 2. The molecule has 0 radical (unpaired) electrons. The highest BCUT2D eigenvalue weighted by Crippen LogP contribution is 2.45. The van der Waals surface area contributed by atoms with E-state index in [1.54, 1.807) is 12.4 Å². The Morgan fingerprint density at radius 3 is 2.32 bits per heavy atom. The van der Waals surface area contributed by atoms with Crippen LogP contribution in [0.1, 0.15) is 31.4 Å². The van der Waals surface area contributed by atoms with E-state index in [1.165, 1.54) is 0 Å². The van der Waals surface area contributed by atoms with Gasteiger partial charge in [0.25, 0.3) is 0 Å². The Balaban J connectivity index is 1.76. The third-order valence-corrected chi connectivity index (χ3v) is 4.90. The fourth-order valence-electron chi connectivity index (χ4n) is 3.73. The molecule has 3 aliphatic rings. The van der Waals surface area contributed by atoms with Crippen LogP contribution >= 0.6 is 0 Å². The summed E-state index contributed by atoms with van der Waals surface area (Å²) in [6.07, 6.45) is 9.12. The van der Waals surface area contributed by atoms with E-state index in [0.29, 0.717) is 0 Å². The van der Waals surface area contributed by atoms with Gasteiger partial charge in [-0.1, -0.05) is 12.2 Å². The van der Waals surface area contributed by atoms with Gasteiger partial charge in [0.15, 0.2) is 0 Å². The van der Waals surface area contributed by atoms with Gasteiger partial charge < -0.3 is 10.4 Å². The van der Waals surface area contributed by atoms with E-state index in [1.807, 2.05) is 31.2 Å². The number of allylic oxidation sites excluding steroid dienone is 2. The van der Waals surface area contributed by atoms with Gasteiger partial charge in [0.1, 0.15) is 0 Å². The molecule has 5 heteroatoms. The number of carboxylic acid groups (broad SMARTS) is 1. The second-order valence-electron chi connectivity index (χ2n) is 6.19. The highest BCUT2D eigenvalue weighted by Gasteiger charge is 2.48. The van der Waals surface area contributed by atoms with Crippen molar-refractivity contribution in [3.8, 4) is 0 Å². The number of nitrogens with zero attached hydrogens (tertiary/aromatic N) is 1. The van der Waals surface area contributed by atoms with Crippen molar-refractivity contribution in [1.82, 2.24) is 10.3 Å². The van der Waals surface area contributed by atoms with Gasteiger partial charge >= 0.3 is 5.97 Å². The summed E-state index contributed by atoms with van der Waals surface area (Å²) in [4.78, 5) is 28.2. The summed E-state index contributed by atoms with van der Waals surface area (Å²) >= 11 is 0. The first-order chi connectivity index (χ1) is 10.6. The van der Waals surface area contributed by atoms with Crippen LogP contribution in [0.15, 0.2) is 36.7 Å². The third-order valence-electron chi connectivity index (χ3n) is 4.90. The molecule has 2 bridgehead atoms. The van der Waals surface area contributed by atoms with Gasteiger partial charge in [-0.2, -0.15) is 0 Å². The predicted molar refractivity (Wildman–Crippen MR) is 80.8 cm³/mol. The molecule has 0 aromatic carbocycles. The van der Waals surface area contributed by atoms with Crippen LogP contribution in [0.4, 0.5) is 0 Å². The number of fused-ring (bicyclic) bond motifs is 2. The second kappa shape index (κ2) is 5.91. The van der Waals surface area contributed by atoms with Gasteiger partial charge in [0.2, 0.25) is 5.91 Å². The van der Waals surface area contributed by atoms with Gasteiger partial charge in [-0.3, -0.25) is 14.6 Å². The fraction of sp³-hybridized carbons (Fsp3) is 0.471. The Kier molecular flexibility index (Phi) is 3.96. The average Bonchev–Trinajstić information content (AvgIpc) is 2.55. The van der Waals surface area contributed by atoms with Crippen LogP contribution in [0.5, 0.6) is 0 Å². The van der Waals surface area contributed by atoms with Crippen molar-refractivity contribution >= 4 is 11.9 Å². The monoisotopic (exact) mass is 300 g/mol. The highest BCUT2D eigenvalue weighted by atomic mass is 16.4. The molecule has 1 heterocycles. The number of amides is 1. The topological polar surface area (TPSA) is 79.3 Å². The smallest absolute Gasteiger partial charge is 0.307 e. The van der Waals surface area contributed by atoms with Crippen molar-refractivity contribution in [2.75, 3.05) is 0 Å². The number of aliphatic carboxylic acids is 1. The minimum Gasteiger partial charge on any atom is -0.481 e. The van der Waals surface area contributed by atoms with E-state index in [-0.39, 0.29) is 23.8 Å². The molecule has 5 nitrogen and oxygen atoms in total. The number of carbonyl (C=O) groups excluding carboxylic acids is 1.